The van der Waals surface area contributed by atoms with Crippen molar-refractivity contribution in [2.45, 2.75) is 15.0 Å². The van der Waals surface area contributed by atoms with Gasteiger partial charge in [-0.3, -0.25) is 4.72 Å². The summed E-state index contributed by atoms with van der Waals surface area (Å²) >= 11 is 7.22. The van der Waals surface area contributed by atoms with Gasteiger partial charge >= 0.3 is 5.97 Å². The number of rotatable bonds is 6. The summed E-state index contributed by atoms with van der Waals surface area (Å²) < 4.78 is 38.6. The van der Waals surface area contributed by atoms with Crippen molar-refractivity contribution in [3.63, 3.8) is 0 Å². The number of sulfonamides is 1. The molecule has 2 aromatic carbocycles. The lowest BCUT2D eigenvalue weighted by atomic mass is 10.2. The molecule has 0 saturated carbocycles. The molecule has 0 spiro atoms. The van der Waals surface area contributed by atoms with E-state index >= 15 is 0 Å². The molecule has 1 N–H and O–H groups in total. The molecule has 0 saturated heterocycles. The van der Waals surface area contributed by atoms with Gasteiger partial charge in [0, 0.05) is 22.5 Å². The highest BCUT2D eigenvalue weighted by Gasteiger charge is 2.22. The minimum atomic E-state index is -4.04. The largest absolute Gasteiger partial charge is 0.465 e. The normalized spacial score (nSPS) is 11.4. The Morgan fingerprint density at radius 2 is 1.94 bits per heavy atom. The van der Waals surface area contributed by atoms with E-state index in [1.54, 1.807) is 48.5 Å². The Morgan fingerprint density at radius 1 is 1.13 bits per heavy atom. The molecule has 158 valence electrons. The Labute approximate surface area is 187 Å². The minimum absolute atomic E-state index is 0.182. The molecule has 4 rings (SSSR count). The first-order valence-corrected chi connectivity index (χ1v) is 11.6. The number of nitrogens with one attached hydrogen (secondary N) is 1. The van der Waals surface area contributed by atoms with E-state index in [-0.39, 0.29) is 15.8 Å². The number of para-hydroxylation sites is 1. The number of anilines is 1. The molecule has 0 radical (unpaired) electrons. The third kappa shape index (κ3) is 4.68. The second kappa shape index (κ2) is 8.62. The zero-order chi connectivity index (χ0) is 22.0. The summed E-state index contributed by atoms with van der Waals surface area (Å²) in [5, 5.41) is 1.06. The number of pyridine rings is 1. The molecular weight excluding hydrogens is 460 g/mol. The van der Waals surface area contributed by atoms with E-state index in [1.165, 1.54) is 37.2 Å². The molecule has 0 aliphatic carbocycles. The predicted octanol–water partition coefficient (Wildman–Crippen LogP) is 5.22. The molecule has 0 fully saturated rings. The lowest BCUT2D eigenvalue weighted by molar-refractivity contribution is 0.0600. The van der Waals surface area contributed by atoms with Crippen LogP contribution in [-0.4, -0.2) is 26.5 Å². The highest BCUT2D eigenvalue weighted by molar-refractivity contribution is 7.99. The van der Waals surface area contributed by atoms with Crippen molar-refractivity contribution >= 4 is 56.0 Å². The van der Waals surface area contributed by atoms with Crippen LogP contribution < -0.4 is 4.72 Å². The maximum absolute atomic E-state index is 12.9. The average molecular weight is 475 g/mol. The minimum Gasteiger partial charge on any atom is -0.465 e. The molecule has 0 atom stereocenters. The van der Waals surface area contributed by atoms with Crippen molar-refractivity contribution in [3.8, 4) is 0 Å². The number of carbonyl (C=O) groups excluding carboxylic acids is 1. The topological polar surface area (TPSA) is 98.5 Å². The number of benzene rings is 2. The van der Waals surface area contributed by atoms with E-state index in [0.717, 1.165) is 0 Å². The van der Waals surface area contributed by atoms with Crippen molar-refractivity contribution < 1.29 is 22.4 Å². The van der Waals surface area contributed by atoms with Gasteiger partial charge in [0.05, 0.1) is 23.4 Å². The summed E-state index contributed by atoms with van der Waals surface area (Å²) in [5.41, 5.74) is 1.01. The van der Waals surface area contributed by atoms with Crippen LogP contribution in [0.4, 0.5) is 5.69 Å². The van der Waals surface area contributed by atoms with Crippen molar-refractivity contribution in [3.05, 3.63) is 77.4 Å². The number of carbonyl (C=O) groups is 1. The number of methoxy groups -OCH3 is 1. The van der Waals surface area contributed by atoms with E-state index < -0.39 is 16.0 Å². The quantitative estimate of drug-likeness (QED) is 0.382. The molecule has 2 aromatic heterocycles. The summed E-state index contributed by atoms with van der Waals surface area (Å²) in [6.07, 6.45) is 1.41. The fourth-order valence-electron chi connectivity index (χ4n) is 2.78. The van der Waals surface area contributed by atoms with Crippen LogP contribution in [0.15, 0.2) is 86.3 Å². The first-order valence-electron chi connectivity index (χ1n) is 8.89. The smallest absolute Gasteiger partial charge is 0.337 e. The van der Waals surface area contributed by atoms with Crippen LogP contribution in [0.2, 0.25) is 5.02 Å². The van der Waals surface area contributed by atoms with E-state index in [2.05, 4.69) is 9.71 Å². The Bertz CT molecular complexity index is 1350. The number of esters is 1. The molecule has 0 amide bonds. The highest BCUT2D eigenvalue weighted by atomic mass is 35.5. The van der Waals surface area contributed by atoms with Gasteiger partial charge in [0.25, 0.3) is 10.0 Å². The van der Waals surface area contributed by atoms with Gasteiger partial charge in [0.1, 0.15) is 10.6 Å². The zero-order valence-corrected chi connectivity index (χ0v) is 18.4. The zero-order valence-electron chi connectivity index (χ0n) is 16.0. The molecule has 4 aromatic rings. The Kier molecular flexibility index (Phi) is 5.90. The van der Waals surface area contributed by atoms with Crippen LogP contribution in [0.3, 0.4) is 0 Å². The standard InChI is InChI=1S/C21H15ClN2O5S2/c1-28-21(25)14-6-4-7-16(9-14)30-20-17(11-15(22)12-23-20)24-31(26,27)19-10-13-5-2-3-8-18(13)29-19/h2-12,24H,1H3. The summed E-state index contributed by atoms with van der Waals surface area (Å²) in [6.45, 7) is 0. The van der Waals surface area contributed by atoms with Crippen molar-refractivity contribution in [2.75, 3.05) is 11.8 Å². The van der Waals surface area contributed by atoms with Crippen LogP contribution in [0.5, 0.6) is 0 Å². The molecule has 2 heterocycles. The predicted molar refractivity (Wildman–Crippen MR) is 118 cm³/mol. The van der Waals surface area contributed by atoms with Gasteiger partial charge in [-0.25, -0.2) is 9.78 Å². The molecule has 0 unspecified atom stereocenters. The fourth-order valence-corrected chi connectivity index (χ4v) is 4.91. The molecule has 31 heavy (non-hydrogen) atoms. The third-order valence-electron chi connectivity index (χ3n) is 4.20. The first kappa shape index (κ1) is 21.2. The highest BCUT2D eigenvalue weighted by Crippen LogP contribution is 2.35. The lowest BCUT2D eigenvalue weighted by Crippen LogP contribution is -2.13. The number of halogens is 1. The third-order valence-corrected chi connectivity index (χ3v) is 6.63. The van der Waals surface area contributed by atoms with E-state index in [0.29, 0.717) is 26.5 Å². The van der Waals surface area contributed by atoms with E-state index in [1.807, 2.05) is 0 Å². The maximum Gasteiger partial charge on any atom is 0.337 e. The second-order valence-electron chi connectivity index (χ2n) is 6.34. The maximum atomic E-state index is 12.9. The summed E-state index contributed by atoms with van der Waals surface area (Å²) in [6, 6.07) is 16.6. The number of fused-ring (bicyclic) bond motifs is 1. The van der Waals surface area contributed by atoms with Crippen molar-refractivity contribution in [1.29, 1.82) is 0 Å². The molecule has 10 heteroatoms. The van der Waals surface area contributed by atoms with Gasteiger partial charge in [-0.05, 0) is 30.3 Å². The molecule has 0 aliphatic rings. The number of ether oxygens (including phenoxy) is 1. The number of hydrogen-bond acceptors (Lipinski definition) is 7. The van der Waals surface area contributed by atoms with Gasteiger partial charge in [-0.1, -0.05) is 47.6 Å². The van der Waals surface area contributed by atoms with Crippen molar-refractivity contribution in [1.82, 2.24) is 4.98 Å². The van der Waals surface area contributed by atoms with E-state index in [4.69, 9.17) is 20.8 Å². The van der Waals surface area contributed by atoms with Crippen molar-refractivity contribution in [2.24, 2.45) is 0 Å². The van der Waals surface area contributed by atoms with E-state index in [9.17, 15) is 13.2 Å². The van der Waals surface area contributed by atoms with Gasteiger partial charge in [-0.2, -0.15) is 8.42 Å². The number of nitrogens with zero attached hydrogens (tertiary/aromatic N) is 1. The number of furan rings is 1. The first-order chi connectivity index (χ1) is 14.9. The van der Waals surface area contributed by atoms with Crippen LogP contribution in [-0.2, 0) is 14.8 Å². The Balaban J connectivity index is 1.66. The second-order valence-corrected chi connectivity index (χ2v) is 9.45. The SMILES string of the molecule is COC(=O)c1cccc(Sc2ncc(Cl)cc2NS(=O)(=O)c2cc3ccccc3o2)c1. The summed E-state index contributed by atoms with van der Waals surface area (Å²) in [7, 11) is -2.74. The fraction of sp³-hybridized carbons (Fsp3) is 0.0476. The molecule has 0 bridgehead atoms. The Hall–Kier alpha value is -3.01. The number of hydrogen-bond donors (Lipinski definition) is 1. The monoisotopic (exact) mass is 474 g/mol. The molecule has 7 nitrogen and oxygen atoms in total. The van der Waals surface area contributed by atoms with Crippen LogP contribution >= 0.6 is 23.4 Å². The molecule has 0 aliphatic heterocycles. The van der Waals surface area contributed by atoms with Gasteiger partial charge < -0.3 is 9.15 Å². The van der Waals surface area contributed by atoms with Gasteiger partial charge in [0.2, 0.25) is 5.09 Å². The average Bonchev–Trinajstić information content (AvgIpc) is 3.20. The van der Waals surface area contributed by atoms with Crippen LogP contribution in [0.25, 0.3) is 11.0 Å². The lowest BCUT2D eigenvalue weighted by Gasteiger charge is -2.11. The summed E-state index contributed by atoms with van der Waals surface area (Å²) in [5.74, 6) is -0.475. The van der Waals surface area contributed by atoms with Crippen LogP contribution in [0, 0.1) is 0 Å². The van der Waals surface area contributed by atoms with Crippen LogP contribution in [0.1, 0.15) is 10.4 Å². The van der Waals surface area contributed by atoms with Gasteiger partial charge in [0.15, 0.2) is 0 Å². The molecular formula is C21H15ClN2O5S2. The van der Waals surface area contributed by atoms with Gasteiger partial charge in [-0.15, -0.1) is 0 Å². The summed E-state index contributed by atoms with van der Waals surface area (Å²) in [4.78, 5) is 16.7. The number of aromatic nitrogens is 1. The Morgan fingerprint density at radius 3 is 2.71 bits per heavy atom.